The number of methoxy groups -OCH3 is 1. The molecule has 0 fully saturated rings. The fourth-order valence-electron chi connectivity index (χ4n) is 2.28. The average molecular weight is 255 g/mol. The van der Waals surface area contributed by atoms with Gasteiger partial charge in [-0.15, -0.1) is 0 Å². The molecule has 0 spiro atoms. The Labute approximate surface area is 102 Å². The van der Waals surface area contributed by atoms with Crippen LogP contribution in [0.2, 0.25) is 0 Å². The number of anilines is 1. The third-order valence-corrected chi connectivity index (χ3v) is 5.36. The van der Waals surface area contributed by atoms with E-state index in [1.54, 1.807) is 13.2 Å². The van der Waals surface area contributed by atoms with Crippen molar-refractivity contribution in [3.05, 3.63) is 17.7 Å². The van der Waals surface area contributed by atoms with Gasteiger partial charge in [-0.05, 0) is 25.5 Å². The number of aryl methyl sites for hydroxylation is 1. The maximum atomic E-state index is 12.2. The number of nitrogens with zero attached hydrogens (tertiary/aromatic N) is 1. The molecule has 0 saturated carbocycles. The molecule has 2 rings (SSSR count). The summed E-state index contributed by atoms with van der Waals surface area (Å²) in [6.07, 6.45) is 0. The molecule has 1 aromatic carbocycles. The lowest BCUT2D eigenvalue weighted by molar-refractivity contribution is 0.411. The van der Waals surface area contributed by atoms with Crippen LogP contribution in [0.5, 0.6) is 5.75 Å². The Kier molecular flexibility index (Phi) is 2.81. The van der Waals surface area contributed by atoms with E-state index in [0.29, 0.717) is 16.3 Å². The van der Waals surface area contributed by atoms with Gasteiger partial charge >= 0.3 is 0 Å². The molecule has 94 valence electrons. The monoisotopic (exact) mass is 255 g/mol. The van der Waals surface area contributed by atoms with Crippen molar-refractivity contribution in [3.63, 3.8) is 0 Å². The van der Waals surface area contributed by atoms with Gasteiger partial charge in [0.1, 0.15) is 5.75 Å². The minimum Gasteiger partial charge on any atom is -0.495 e. The third-order valence-electron chi connectivity index (χ3n) is 3.30. The highest BCUT2D eigenvalue weighted by Gasteiger charge is 2.35. The minimum absolute atomic E-state index is 0.0387. The molecule has 0 N–H and O–H groups in total. The van der Waals surface area contributed by atoms with E-state index in [1.165, 1.54) is 0 Å². The summed E-state index contributed by atoms with van der Waals surface area (Å²) in [6.45, 7) is 3.72. The number of hydrogen-bond acceptors (Lipinski definition) is 4. The fraction of sp³-hybridized carbons (Fsp3) is 0.500. The molecule has 4 nitrogen and oxygen atoms in total. The van der Waals surface area contributed by atoms with Crippen molar-refractivity contribution in [1.29, 1.82) is 0 Å². The molecular weight excluding hydrogens is 238 g/mol. The molecule has 1 aromatic rings. The Morgan fingerprint density at radius 2 is 2.06 bits per heavy atom. The normalized spacial score (nSPS) is 22.1. The van der Waals surface area contributed by atoms with Crippen LogP contribution in [0.15, 0.2) is 17.0 Å². The highest BCUT2D eigenvalue weighted by Crippen LogP contribution is 2.41. The predicted molar refractivity (Wildman–Crippen MR) is 67.6 cm³/mol. The molecule has 1 unspecified atom stereocenters. The standard InChI is InChI=1S/C12H17NO3S/c1-8-5-6-10(16-4)11-12(8)17(14,15)7-9(2)13(11)3/h5-6,9H,7H2,1-4H3. The first-order valence-electron chi connectivity index (χ1n) is 5.51. The largest absolute Gasteiger partial charge is 0.495 e. The van der Waals surface area contributed by atoms with Crippen LogP contribution in [-0.4, -0.2) is 34.4 Å². The summed E-state index contributed by atoms with van der Waals surface area (Å²) < 4.78 is 29.7. The maximum Gasteiger partial charge on any atom is 0.182 e. The van der Waals surface area contributed by atoms with Gasteiger partial charge in [0.2, 0.25) is 0 Å². The van der Waals surface area contributed by atoms with Crippen LogP contribution in [0.3, 0.4) is 0 Å². The summed E-state index contributed by atoms with van der Waals surface area (Å²) in [5.74, 6) is 0.771. The zero-order valence-corrected chi connectivity index (χ0v) is 11.3. The molecular formula is C12H17NO3S. The van der Waals surface area contributed by atoms with E-state index < -0.39 is 9.84 Å². The molecule has 5 heteroatoms. The first kappa shape index (κ1) is 12.2. The van der Waals surface area contributed by atoms with E-state index >= 15 is 0 Å². The number of rotatable bonds is 1. The summed E-state index contributed by atoms with van der Waals surface area (Å²) in [4.78, 5) is 2.39. The quantitative estimate of drug-likeness (QED) is 0.765. The zero-order chi connectivity index (χ0) is 12.8. The Balaban J connectivity index is 2.82. The lowest BCUT2D eigenvalue weighted by Crippen LogP contribution is -2.40. The Hall–Kier alpha value is -1.23. The van der Waals surface area contributed by atoms with Gasteiger partial charge in [-0.25, -0.2) is 8.42 Å². The Morgan fingerprint density at radius 3 is 2.65 bits per heavy atom. The second kappa shape index (κ2) is 3.91. The SMILES string of the molecule is COc1ccc(C)c2c1N(C)C(C)CS2(=O)=O. The summed E-state index contributed by atoms with van der Waals surface area (Å²) in [6, 6.07) is 3.57. The highest BCUT2D eigenvalue weighted by molar-refractivity contribution is 7.91. The van der Waals surface area contributed by atoms with Crippen LogP contribution in [0.4, 0.5) is 5.69 Å². The van der Waals surface area contributed by atoms with Crippen molar-refractivity contribution in [2.75, 3.05) is 24.8 Å². The summed E-state index contributed by atoms with van der Waals surface area (Å²) in [7, 11) is 0.254. The van der Waals surface area contributed by atoms with Gasteiger partial charge in [0.05, 0.1) is 23.4 Å². The Morgan fingerprint density at radius 1 is 1.41 bits per heavy atom. The predicted octanol–water partition coefficient (Wildman–Crippen LogP) is 1.62. The van der Waals surface area contributed by atoms with Gasteiger partial charge in [0.15, 0.2) is 9.84 Å². The summed E-state index contributed by atoms with van der Waals surface area (Å²) in [5.41, 5.74) is 1.46. The van der Waals surface area contributed by atoms with Gasteiger partial charge in [0, 0.05) is 13.1 Å². The smallest absolute Gasteiger partial charge is 0.182 e. The van der Waals surface area contributed by atoms with E-state index in [9.17, 15) is 8.42 Å². The van der Waals surface area contributed by atoms with Crippen LogP contribution < -0.4 is 9.64 Å². The molecule has 0 amide bonds. The van der Waals surface area contributed by atoms with E-state index in [-0.39, 0.29) is 11.8 Å². The molecule has 0 radical (unpaired) electrons. The molecule has 1 aliphatic heterocycles. The van der Waals surface area contributed by atoms with Gasteiger partial charge in [-0.1, -0.05) is 6.07 Å². The van der Waals surface area contributed by atoms with Gasteiger partial charge in [-0.2, -0.15) is 0 Å². The third kappa shape index (κ3) is 1.78. The van der Waals surface area contributed by atoms with E-state index in [4.69, 9.17) is 4.74 Å². The van der Waals surface area contributed by atoms with E-state index in [1.807, 2.05) is 31.9 Å². The topological polar surface area (TPSA) is 46.6 Å². The molecule has 1 heterocycles. The number of benzene rings is 1. The Bertz CT molecular complexity index is 551. The highest BCUT2D eigenvalue weighted by atomic mass is 32.2. The average Bonchev–Trinajstić information content (AvgIpc) is 2.25. The van der Waals surface area contributed by atoms with E-state index in [0.717, 1.165) is 5.56 Å². The lowest BCUT2D eigenvalue weighted by atomic mass is 10.1. The van der Waals surface area contributed by atoms with E-state index in [2.05, 4.69) is 0 Å². The van der Waals surface area contributed by atoms with Crippen LogP contribution in [0, 0.1) is 6.92 Å². The molecule has 1 atom stereocenters. The molecule has 0 saturated heterocycles. The van der Waals surface area contributed by atoms with Crippen LogP contribution in [0.25, 0.3) is 0 Å². The number of hydrogen-bond donors (Lipinski definition) is 0. The summed E-state index contributed by atoms with van der Waals surface area (Å²) in [5, 5.41) is 0. The minimum atomic E-state index is -3.21. The van der Waals surface area contributed by atoms with Crippen molar-refractivity contribution in [1.82, 2.24) is 0 Å². The molecule has 17 heavy (non-hydrogen) atoms. The summed E-state index contributed by atoms with van der Waals surface area (Å²) >= 11 is 0. The number of ether oxygens (including phenoxy) is 1. The molecule has 0 bridgehead atoms. The second-order valence-corrected chi connectivity index (χ2v) is 6.47. The maximum absolute atomic E-state index is 12.2. The molecule has 1 aliphatic rings. The zero-order valence-electron chi connectivity index (χ0n) is 10.5. The first-order chi connectivity index (χ1) is 7.88. The van der Waals surface area contributed by atoms with Gasteiger partial charge in [0.25, 0.3) is 0 Å². The van der Waals surface area contributed by atoms with Crippen LogP contribution in [0.1, 0.15) is 12.5 Å². The fourth-order valence-corrected chi connectivity index (χ4v) is 4.40. The number of fused-ring (bicyclic) bond motifs is 1. The number of sulfone groups is 1. The molecule has 0 aromatic heterocycles. The van der Waals surface area contributed by atoms with Crippen LogP contribution in [-0.2, 0) is 9.84 Å². The van der Waals surface area contributed by atoms with Crippen molar-refractivity contribution in [2.45, 2.75) is 24.8 Å². The lowest BCUT2D eigenvalue weighted by Gasteiger charge is -2.35. The second-order valence-electron chi connectivity index (χ2n) is 4.50. The van der Waals surface area contributed by atoms with Crippen LogP contribution >= 0.6 is 0 Å². The van der Waals surface area contributed by atoms with Crippen molar-refractivity contribution in [3.8, 4) is 5.75 Å². The van der Waals surface area contributed by atoms with Gasteiger partial charge in [-0.3, -0.25) is 0 Å². The first-order valence-corrected chi connectivity index (χ1v) is 7.17. The van der Waals surface area contributed by atoms with Gasteiger partial charge < -0.3 is 9.64 Å². The van der Waals surface area contributed by atoms with Crippen molar-refractivity contribution >= 4 is 15.5 Å². The molecule has 0 aliphatic carbocycles. The van der Waals surface area contributed by atoms with Crippen molar-refractivity contribution < 1.29 is 13.2 Å². The van der Waals surface area contributed by atoms with Crippen molar-refractivity contribution in [2.24, 2.45) is 0 Å².